The number of halogens is 2. The molecular weight excluding hydrogens is 322 g/mol. The van der Waals surface area contributed by atoms with E-state index >= 15 is 0 Å². The van der Waals surface area contributed by atoms with Gasteiger partial charge in [0.05, 0.1) is 5.69 Å². The standard InChI is InChI=1S/C16H12F2N2O2S/c1-16(12-8-7-10(17)9-13(12)18)14(21)20(15(23)22-16)19-11-5-3-2-4-6-11/h2-9,19H,1H3. The first-order valence-electron chi connectivity index (χ1n) is 6.76. The molecule has 1 atom stereocenters. The van der Waals surface area contributed by atoms with Gasteiger partial charge < -0.3 is 4.74 Å². The van der Waals surface area contributed by atoms with Crippen LogP contribution in [0, 0.1) is 11.6 Å². The van der Waals surface area contributed by atoms with E-state index in [9.17, 15) is 13.6 Å². The molecule has 2 aromatic carbocycles. The third kappa shape index (κ3) is 2.63. The van der Waals surface area contributed by atoms with Gasteiger partial charge in [-0.2, -0.15) is 5.01 Å². The van der Waals surface area contributed by atoms with Gasteiger partial charge in [0.2, 0.25) is 5.60 Å². The minimum absolute atomic E-state index is 0.0800. The van der Waals surface area contributed by atoms with E-state index in [0.717, 1.165) is 11.1 Å². The molecule has 0 bridgehead atoms. The highest BCUT2D eigenvalue weighted by Crippen LogP contribution is 2.36. The van der Waals surface area contributed by atoms with Crippen molar-refractivity contribution in [2.24, 2.45) is 0 Å². The Morgan fingerprint density at radius 1 is 1.17 bits per heavy atom. The van der Waals surface area contributed by atoms with E-state index in [1.165, 1.54) is 13.0 Å². The summed E-state index contributed by atoms with van der Waals surface area (Å²) in [5.74, 6) is -2.19. The number of nitrogens with one attached hydrogen (secondary N) is 1. The number of carbonyl (C=O) groups excluding carboxylic acids is 1. The van der Waals surface area contributed by atoms with Crippen molar-refractivity contribution in [2.75, 3.05) is 5.43 Å². The summed E-state index contributed by atoms with van der Waals surface area (Å²) < 4.78 is 32.6. The van der Waals surface area contributed by atoms with Crippen LogP contribution in [-0.2, 0) is 15.1 Å². The van der Waals surface area contributed by atoms with Gasteiger partial charge in [0, 0.05) is 11.6 Å². The molecule has 23 heavy (non-hydrogen) atoms. The van der Waals surface area contributed by atoms with Crippen molar-refractivity contribution >= 4 is 29.0 Å². The number of para-hydroxylation sites is 1. The fraction of sp³-hybridized carbons (Fsp3) is 0.125. The molecule has 1 aliphatic rings. The SMILES string of the molecule is CC1(c2ccc(F)cc2F)OC(=S)N(Nc2ccccc2)C1=O. The molecule has 0 saturated carbocycles. The number of thiocarbonyl (C=S) groups is 1. The molecule has 118 valence electrons. The van der Waals surface area contributed by atoms with Crippen LogP contribution in [0.25, 0.3) is 0 Å². The largest absolute Gasteiger partial charge is 0.448 e. The Balaban J connectivity index is 1.93. The van der Waals surface area contributed by atoms with E-state index < -0.39 is 23.1 Å². The fourth-order valence-corrected chi connectivity index (χ4v) is 2.64. The maximum Gasteiger partial charge on any atom is 0.297 e. The highest BCUT2D eigenvalue weighted by Gasteiger charge is 2.51. The zero-order valence-electron chi connectivity index (χ0n) is 12.0. The van der Waals surface area contributed by atoms with Gasteiger partial charge in [0.25, 0.3) is 11.1 Å². The number of hydrazine groups is 1. The molecule has 1 fully saturated rings. The third-order valence-electron chi connectivity index (χ3n) is 3.54. The molecule has 1 N–H and O–H groups in total. The number of ether oxygens (including phenoxy) is 1. The number of carbonyl (C=O) groups is 1. The van der Waals surface area contributed by atoms with Gasteiger partial charge in [0.1, 0.15) is 11.6 Å². The van der Waals surface area contributed by atoms with Gasteiger partial charge in [-0.15, -0.1) is 0 Å². The Hall–Kier alpha value is -2.54. The Morgan fingerprint density at radius 2 is 1.87 bits per heavy atom. The molecule has 3 rings (SSSR count). The Bertz CT molecular complexity index is 785. The lowest BCUT2D eigenvalue weighted by atomic mass is 9.95. The van der Waals surface area contributed by atoms with Crippen LogP contribution < -0.4 is 5.43 Å². The number of nitrogens with zero attached hydrogens (tertiary/aromatic N) is 1. The summed E-state index contributed by atoms with van der Waals surface area (Å²) in [6.07, 6.45) is 0. The molecule has 1 aliphatic heterocycles. The van der Waals surface area contributed by atoms with Gasteiger partial charge in [-0.05, 0) is 43.4 Å². The second-order valence-electron chi connectivity index (χ2n) is 5.14. The summed E-state index contributed by atoms with van der Waals surface area (Å²) >= 11 is 5.06. The van der Waals surface area contributed by atoms with Crippen molar-refractivity contribution in [1.29, 1.82) is 0 Å². The smallest absolute Gasteiger partial charge is 0.297 e. The monoisotopic (exact) mass is 334 g/mol. The molecular formula is C16H12F2N2O2S. The maximum absolute atomic E-state index is 14.0. The average Bonchev–Trinajstić information content (AvgIpc) is 2.72. The molecule has 0 aromatic heterocycles. The number of hydrogen-bond acceptors (Lipinski definition) is 4. The maximum atomic E-state index is 14.0. The van der Waals surface area contributed by atoms with E-state index in [2.05, 4.69) is 5.43 Å². The van der Waals surface area contributed by atoms with Crippen molar-refractivity contribution in [1.82, 2.24) is 5.01 Å². The lowest BCUT2D eigenvalue weighted by Gasteiger charge is -2.21. The van der Waals surface area contributed by atoms with Crippen LogP contribution in [0.2, 0.25) is 0 Å². The van der Waals surface area contributed by atoms with Crippen LogP contribution in [0.3, 0.4) is 0 Å². The average molecular weight is 334 g/mol. The number of hydrogen-bond donors (Lipinski definition) is 1. The Kier molecular flexibility index (Phi) is 3.73. The highest BCUT2D eigenvalue weighted by atomic mass is 32.1. The first-order valence-corrected chi connectivity index (χ1v) is 7.17. The van der Waals surface area contributed by atoms with Crippen molar-refractivity contribution in [2.45, 2.75) is 12.5 Å². The van der Waals surface area contributed by atoms with Crippen LogP contribution in [0.5, 0.6) is 0 Å². The zero-order valence-corrected chi connectivity index (χ0v) is 12.9. The predicted octanol–water partition coefficient (Wildman–Crippen LogP) is 3.35. The summed E-state index contributed by atoms with van der Waals surface area (Å²) in [7, 11) is 0. The minimum Gasteiger partial charge on any atom is -0.448 e. The van der Waals surface area contributed by atoms with Gasteiger partial charge in [-0.1, -0.05) is 18.2 Å². The van der Waals surface area contributed by atoms with E-state index in [1.54, 1.807) is 24.3 Å². The van der Waals surface area contributed by atoms with E-state index in [4.69, 9.17) is 17.0 Å². The van der Waals surface area contributed by atoms with Crippen LogP contribution in [0.4, 0.5) is 14.5 Å². The number of anilines is 1. The highest BCUT2D eigenvalue weighted by molar-refractivity contribution is 7.80. The number of benzene rings is 2. The molecule has 1 unspecified atom stereocenters. The van der Waals surface area contributed by atoms with Crippen molar-refractivity contribution in [3.8, 4) is 0 Å². The minimum atomic E-state index is -1.66. The molecule has 1 heterocycles. The normalized spacial score (nSPS) is 20.6. The summed E-state index contributed by atoms with van der Waals surface area (Å²) in [6, 6.07) is 11.8. The molecule has 1 saturated heterocycles. The van der Waals surface area contributed by atoms with Gasteiger partial charge in [-0.3, -0.25) is 10.2 Å². The van der Waals surface area contributed by atoms with Gasteiger partial charge in [0.15, 0.2) is 0 Å². The van der Waals surface area contributed by atoms with Crippen LogP contribution in [0.15, 0.2) is 48.5 Å². The summed E-state index contributed by atoms with van der Waals surface area (Å²) in [6.45, 7) is 1.39. The van der Waals surface area contributed by atoms with Crippen molar-refractivity contribution < 1.29 is 18.3 Å². The zero-order chi connectivity index (χ0) is 16.6. The van der Waals surface area contributed by atoms with Gasteiger partial charge >= 0.3 is 0 Å². The summed E-state index contributed by atoms with van der Waals surface area (Å²) in [5, 5.41) is 0.901. The van der Waals surface area contributed by atoms with Crippen LogP contribution >= 0.6 is 12.2 Å². The van der Waals surface area contributed by atoms with Crippen molar-refractivity contribution in [3.05, 3.63) is 65.7 Å². The molecule has 1 amide bonds. The fourth-order valence-electron chi connectivity index (χ4n) is 2.34. The van der Waals surface area contributed by atoms with Gasteiger partial charge in [-0.25, -0.2) is 8.78 Å². The van der Waals surface area contributed by atoms with Crippen molar-refractivity contribution in [3.63, 3.8) is 0 Å². The first kappa shape index (κ1) is 15.4. The second kappa shape index (κ2) is 5.58. The van der Waals surface area contributed by atoms with Crippen LogP contribution in [0.1, 0.15) is 12.5 Å². The molecule has 2 aromatic rings. The molecule has 0 spiro atoms. The topological polar surface area (TPSA) is 41.6 Å². The third-order valence-corrected chi connectivity index (χ3v) is 3.81. The molecule has 0 aliphatic carbocycles. The van der Waals surface area contributed by atoms with Crippen LogP contribution in [-0.4, -0.2) is 16.1 Å². The summed E-state index contributed by atoms with van der Waals surface area (Å²) in [4.78, 5) is 12.7. The van der Waals surface area contributed by atoms with E-state index in [-0.39, 0.29) is 10.7 Å². The number of rotatable bonds is 3. The number of amides is 1. The second-order valence-corrected chi connectivity index (χ2v) is 5.49. The van der Waals surface area contributed by atoms with E-state index in [0.29, 0.717) is 11.8 Å². The molecule has 7 heteroatoms. The summed E-state index contributed by atoms with van der Waals surface area (Å²) in [5.41, 5.74) is 1.70. The quantitative estimate of drug-likeness (QED) is 0.874. The predicted molar refractivity (Wildman–Crippen MR) is 84.3 cm³/mol. The lowest BCUT2D eigenvalue weighted by Crippen LogP contribution is -2.40. The Morgan fingerprint density at radius 3 is 2.52 bits per heavy atom. The molecule has 4 nitrogen and oxygen atoms in total. The molecule has 0 radical (unpaired) electrons. The lowest BCUT2D eigenvalue weighted by molar-refractivity contribution is -0.135. The Labute approximate surface area is 136 Å². The first-order chi connectivity index (χ1) is 10.9. The van der Waals surface area contributed by atoms with E-state index in [1.807, 2.05) is 6.07 Å².